The van der Waals surface area contributed by atoms with Crippen LogP contribution in [0.25, 0.3) is 0 Å². The van der Waals surface area contributed by atoms with Crippen molar-refractivity contribution in [1.29, 1.82) is 0 Å². The average Bonchev–Trinajstić information content (AvgIpc) is 2.36. The van der Waals surface area contributed by atoms with Crippen molar-refractivity contribution in [2.45, 2.75) is 45.6 Å². The number of hydrogen-bond donors (Lipinski definition) is 1. The predicted molar refractivity (Wildman–Crippen MR) is 73.8 cm³/mol. The highest BCUT2D eigenvalue weighted by Gasteiger charge is 2.11. The molecule has 0 amide bonds. The van der Waals surface area contributed by atoms with Gasteiger partial charge >= 0.3 is 0 Å². The normalized spacial score (nSPS) is 12.3. The number of para-hydroxylation sites is 1. The fourth-order valence-electron chi connectivity index (χ4n) is 1.97. The lowest BCUT2D eigenvalue weighted by Crippen LogP contribution is -2.28. The van der Waals surface area contributed by atoms with Crippen LogP contribution in [0.3, 0.4) is 0 Å². The summed E-state index contributed by atoms with van der Waals surface area (Å²) in [6.07, 6.45) is 4.29. The molecule has 0 heterocycles. The maximum atomic E-state index is 10.8. The molecular weight excluding hydrogens is 228 g/mol. The van der Waals surface area contributed by atoms with E-state index in [-0.39, 0.29) is 10.6 Å². The third-order valence-corrected chi connectivity index (χ3v) is 3.07. The quantitative estimate of drug-likeness (QED) is 0.569. The number of hydrogen-bond acceptors (Lipinski definition) is 3. The molecule has 1 aromatic rings. The summed E-state index contributed by atoms with van der Waals surface area (Å²) in [5.74, 6) is 0. The summed E-state index contributed by atoms with van der Waals surface area (Å²) in [6.45, 7) is 5.13. The van der Waals surface area contributed by atoms with E-state index >= 15 is 0 Å². The molecule has 0 spiro atoms. The lowest BCUT2D eigenvalue weighted by atomic mass is 10.1. The largest absolute Gasteiger partial charge is 0.314 e. The van der Waals surface area contributed by atoms with Gasteiger partial charge in [0.25, 0.3) is 5.69 Å². The number of nitrogens with zero attached hydrogens (tertiary/aromatic N) is 1. The third kappa shape index (κ3) is 4.84. The Labute approximate surface area is 109 Å². The molecule has 0 aromatic heterocycles. The van der Waals surface area contributed by atoms with E-state index in [2.05, 4.69) is 19.2 Å². The molecule has 1 N–H and O–H groups in total. The van der Waals surface area contributed by atoms with Crippen molar-refractivity contribution in [2.24, 2.45) is 0 Å². The summed E-state index contributed by atoms with van der Waals surface area (Å²) < 4.78 is 0. The molecule has 0 bridgehead atoms. The first-order valence-corrected chi connectivity index (χ1v) is 6.60. The Hall–Kier alpha value is -1.42. The van der Waals surface area contributed by atoms with Crippen LogP contribution in [-0.4, -0.2) is 17.5 Å². The fourth-order valence-corrected chi connectivity index (χ4v) is 1.97. The molecular formula is C14H22N2O2. The average molecular weight is 250 g/mol. The van der Waals surface area contributed by atoms with Gasteiger partial charge in [-0.05, 0) is 26.3 Å². The molecule has 0 radical (unpaired) electrons. The zero-order valence-electron chi connectivity index (χ0n) is 11.2. The van der Waals surface area contributed by atoms with E-state index in [1.165, 1.54) is 12.8 Å². The van der Waals surface area contributed by atoms with Crippen molar-refractivity contribution in [3.05, 3.63) is 39.9 Å². The molecule has 0 fully saturated rings. The minimum absolute atomic E-state index is 0.223. The summed E-state index contributed by atoms with van der Waals surface area (Å²) in [5.41, 5.74) is 1.03. The Morgan fingerprint density at radius 1 is 1.39 bits per heavy atom. The van der Waals surface area contributed by atoms with Crippen LogP contribution in [0, 0.1) is 10.1 Å². The molecule has 18 heavy (non-hydrogen) atoms. The zero-order chi connectivity index (χ0) is 13.4. The number of nitrogens with one attached hydrogen (secondary N) is 1. The SMILES string of the molecule is CCCCC(C)NCCc1ccccc1[N+](=O)[O-]. The zero-order valence-corrected chi connectivity index (χ0v) is 11.2. The number of benzene rings is 1. The van der Waals surface area contributed by atoms with Gasteiger partial charge in [0.1, 0.15) is 0 Å². The summed E-state index contributed by atoms with van der Waals surface area (Å²) in [7, 11) is 0. The van der Waals surface area contributed by atoms with Crippen LogP contribution in [0.2, 0.25) is 0 Å². The third-order valence-electron chi connectivity index (χ3n) is 3.07. The lowest BCUT2D eigenvalue weighted by Gasteiger charge is -2.13. The summed E-state index contributed by atoms with van der Waals surface area (Å²) in [6, 6.07) is 7.43. The maximum absolute atomic E-state index is 10.8. The Morgan fingerprint density at radius 3 is 2.78 bits per heavy atom. The van der Waals surface area contributed by atoms with Gasteiger partial charge in [-0.3, -0.25) is 10.1 Å². The van der Waals surface area contributed by atoms with Gasteiger partial charge < -0.3 is 5.32 Å². The minimum atomic E-state index is -0.310. The van der Waals surface area contributed by atoms with Gasteiger partial charge in [0.2, 0.25) is 0 Å². The number of unbranched alkanes of at least 4 members (excludes halogenated alkanes) is 1. The molecule has 4 heteroatoms. The van der Waals surface area contributed by atoms with E-state index in [0.717, 1.165) is 18.5 Å². The Balaban J connectivity index is 2.41. The van der Waals surface area contributed by atoms with Crippen LogP contribution < -0.4 is 5.32 Å². The van der Waals surface area contributed by atoms with Crippen LogP contribution in [0.4, 0.5) is 5.69 Å². The Bertz CT molecular complexity index is 380. The first-order valence-electron chi connectivity index (χ1n) is 6.60. The van der Waals surface area contributed by atoms with E-state index < -0.39 is 0 Å². The molecule has 1 rings (SSSR count). The summed E-state index contributed by atoms with van der Waals surface area (Å²) in [4.78, 5) is 10.5. The smallest absolute Gasteiger partial charge is 0.272 e. The van der Waals surface area contributed by atoms with Crippen LogP contribution >= 0.6 is 0 Å². The molecule has 0 aliphatic carbocycles. The van der Waals surface area contributed by atoms with Gasteiger partial charge in [0.15, 0.2) is 0 Å². The Morgan fingerprint density at radius 2 is 2.11 bits per heavy atom. The highest BCUT2D eigenvalue weighted by molar-refractivity contribution is 5.39. The number of rotatable bonds is 8. The summed E-state index contributed by atoms with van der Waals surface area (Å²) >= 11 is 0. The van der Waals surface area contributed by atoms with Crippen molar-refractivity contribution in [3.63, 3.8) is 0 Å². The standard InChI is InChI=1S/C14H22N2O2/c1-3-4-7-12(2)15-11-10-13-8-5-6-9-14(13)16(17)18/h5-6,8-9,12,15H,3-4,7,10-11H2,1-2H3. The van der Waals surface area contributed by atoms with Crippen LogP contribution in [0.1, 0.15) is 38.7 Å². The monoisotopic (exact) mass is 250 g/mol. The van der Waals surface area contributed by atoms with Crippen LogP contribution in [0.15, 0.2) is 24.3 Å². The van der Waals surface area contributed by atoms with Gasteiger partial charge in [-0.15, -0.1) is 0 Å². The van der Waals surface area contributed by atoms with Crippen molar-refractivity contribution in [1.82, 2.24) is 5.32 Å². The van der Waals surface area contributed by atoms with Gasteiger partial charge in [0.05, 0.1) is 4.92 Å². The van der Waals surface area contributed by atoms with Crippen molar-refractivity contribution >= 4 is 5.69 Å². The molecule has 1 unspecified atom stereocenters. The van der Waals surface area contributed by atoms with Gasteiger partial charge in [-0.25, -0.2) is 0 Å². The predicted octanol–water partition coefficient (Wildman–Crippen LogP) is 3.31. The molecule has 100 valence electrons. The van der Waals surface area contributed by atoms with Crippen molar-refractivity contribution in [3.8, 4) is 0 Å². The van der Waals surface area contributed by atoms with Gasteiger partial charge in [0, 0.05) is 17.7 Å². The second-order valence-corrected chi connectivity index (χ2v) is 4.63. The first-order chi connectivity index (χ1) is 8.65. The highest BCUT2D eigenvalue weighted by atomic mass is 16.6. The Kier molecular flexibility index (Phi) is 6.36. The molecule has 0 saturated carbocycles. The molecule has 0 aliphatic rings. The minimum Gasteiger partial charge on any atom is -0.314 e. The molecule has 0 aliphatic heterocycles. The molecule has 1 aromatic carbocycles. The second kappa shape index (κ2) is 7.82. The van der Waals surface area contributed by atoms with E-state index in [1.807, 2.05) is 12.1 Å². The maximum Gasteiger partial charge on any atom is 0.272 e. The van der Waals surface area contributed by atoms with Crippen LogP contribution in [-0.2, 0) is 6.42 Å². The highest BCUT2D eigenvalue weighted by Crippen LogP contribution is 2.17. The van der Waals surface area contributed by atoms with E-state index in [4.69, 9.17) is 0 Å². The van der Waals surface area contributed by atoms with E-state index in [1.54, 1.807) is 12.1 Å². The van der Waals surface area contributed by atoms with Gasteiger partial charge in [-0.2, -0.15) is 0 Å². The van der Waals surface area contributed by atoms with E-state index in [0.29, 0.717) is 12.5 Å². The molecule has 1 atom stereocenters. The number of nitro benzene ring substituents is 1. The fraction of sp³-hybridized carbons (Fsp3) is 0.571. The number of nitro groups is 1. The van der Waals surface area contributed by atoms with Crippen LogP contribution in [0.5, 0.6) is 0 Å². The molecule has 0 saturated heterocycles. The molecule has 4 nitrogen and oxygen atoms in total. The first kappa shape index (κ1) is 14.6. The van der Waals surface area contributed by atoms with Crippen molar-refractivity contribution in [2.75, 3.05) is 6.54 Å². The topological polar surface area (TPSA) is 55.2 Å². The lowest BCUT2D eigenvalue weighted by molar-refractivity contribution is -0.385. The van der Waals surface area contributed by atoms with Crippen molar-refractivity contribution < 1.29 is 4.92 Å². The van der Waals surface area contributed by atoms with Gasteiger partial charge in [-0.1, -0.05) is 38.0 Å². The summed E-state index contributed by atoms with van der Waals surface area (Å²) in [5, 5.41) is 14.3. The second-order valence-electron chi connectivity index (χ2n) is 4.63. The van der Waals surface area contributed by atoms with E-state index in [9.17, 15) is 10.1 Å².